The summed E-state index contributed by atoms with van der Waals surface area (Å²) in [6, 6.07) is 6.92. The van der Waals surface area contributed by atoms with Crippen LogP contribution >= 0.6 is 23.4 Å². The predicted molar refractivity (Wildman–Crippen MR) is 82.7 cm³/mol. The second kappa shape index (κ2) is 6.37. The minimum absolute atomic E-state index is 0.0743. The molecule has 7 nitrogen and oxygen atoms in total. The molecule has 2 heterocycles. The third kappa shape index (κ3) is 3.23. The Morgan fingerprint density at radius 2 is 2.05 bits per heavy atom. The zero-order chi connectivity index (χ0) is 15.5. The van der Waals surface area contributed by atoms with E-state index >= 15 is 0 Å². The van der Waals surface area contributed by atoms with Crippen molar-refractivity contribution in [1.29, 1.82) is 0 Å². The van der Waals surface area contributed by atoms with E-state index in [-0.39, 0.29) is 18.5 Å². The first-order chi connectivity index (χ1) is 10.6. The van der Waals surface area contributed by atoms with Gasteiger partial charge in [-0.3, -0.25) is 14.8 Å². The van der Waals surface area contributed by atoms with E-state index < -0.39 is 0 Å². The van der Waals surface area contributed by atoms with E-state index in [1.54, 1.807) is 12.1 Å². The molecule has 1 saturated heterocycles. The van der Waals surface area contributed by atoms with Gasteiger partial charge in [0.25, 0.3) is 0 Å². The van der Waals surface area contributed by atoms with Crippen LogP contribution in [0.4, 0.5) is 4.79 Å². The van der Waals surface area contributed by atoms with Gasteiger partial charge < -0.3 is 5.32 Å². The highest BCUT2D eigenvalue weighted by molar-refractivity contribution is 7.99. The number of amides is 3. The van der Waals surface area contributed by atoms with Crippen molar-refractivity contribution in [2.24, 2.45) is 0 Å². The highest BCUT2D eigenvalue weighted by atomic mass is 35.5. The molecule has 1 aliphatic heterocycles. The standard InChI is InChI=1S/C13H12ClN5O2S/c14-9-3-1-8(2-4-9)11-16-12(18-17-11)22-6-5-19-10(20)7-15-13(19)21/h1-4H,5-7H2,(H,15,21)(H,16,17,18). The van der Waals surface area contributed by atoms with Gasteiger partial charge in [-0.15, -0.1) is 5.10 Å². The van der Waals surface area contributed by atoms with Crippen LogP contribution in [0.3, 0.4) is 0 Å². The van der Waals surface area contributed by atoms with Gasteiger partial charge in [0.2, 0.25) is 11.1 Å². The van der Waals surface area contributed by atoms with E-state index in [9.17, 15) is 9.59 Å². The maximum absolute atomic E-state index is 11.4. The van der Waals surface area contributed by atoms with Gasteiger partial charge in [-0.1, -0.05) is 23.4 Å². The Labute approximate surface area is 135 Å². The number of nitrogens with zero attached hydrogens (tertiary/aromatic N) is 3. The normalized spacial score (nSPS) is 14.5. The first kappa shape index (κ1) is 14.9. The minimum atomic E-state index is -0.345. The van der Waals surface area contributed by atoms with E-state index in [1.807, 2.05) is 12.1 Å². The molecule has 2 N–H and O–H groups in total. The molecule has 22 heavy (non-hydrogen) atoms. The fourth-order valence-corrected chi connectivity index (χ4v) is 2.81. The average molecular weight is 338 g/mol. The van der Waals surface area contributed by atoms with E-state index in [0.29, 0.717) is 28.3 Å². The number of halogens is 1. The van der Waals surface area contributed by atoms with Crippen LogP contribution in [0.2, 0.25) is 5.02 Å². The number of aromatic amines is 1. The van der Waals surface area contributed by atoms with Gasteiger partial charge in [0.15, 0.2) is 5.82 Å². The maximum atomic E-state index is 11.4. The molecule has 1 aromatic heterocycles. The summed E-state index contributed by atoms with van der Waals surface area (Å²) in [6.07, 6.45) is 0. The summed E-state index contributed by atoms with van der Waals surface area (Å²) in [5, 5.41) is 10.7. The van der Waals surface area contributed by atoms with Gasteiger partial charge in [0.1, 0.15) is 0 Å². The van der Waals surface area contributed by atoms with Crippen LogP contribution < -0.4 is 5.32 Å². The topological polar surface area (TPSA) is 91.0 Å². The number of aromatic nitrogens is 3. The summed E-state index contributed by atoms with van der Waals surface area (Å²) in [5.41, 5.74) is 0.887. The molecule has 0 bridgehead atoms. The average Bonchev–Trinajstić information content (AvgIpc) is 3.10. The summed E-state index contributed by atoms with van der Waals surface area (Å²) in [7, 11) is 0. The molecule has 3 rings (SSSR count). The monoisotopic (exact) mass is 337 g/mol. The molecule has 114 valence electrons. The maximum Gasteiger partial charge on any atom is 0.324 e. The van der Waals surface area contributed by atoms with Gasteiger partial charge in [-0.05, 0) is 24.3 Å². The number of carbonyl (C=O) groups excluding carboxylic acids is 2. The number of H-pyrrole nitrogens is 1. The van der Waals surface area contributed by atoms with E-state index in [4.69, 9.17) is 11.6 Å². The highest BCUT2D eigenvalue weighted by Crippen LogP contribution is 2.21. The molecule has 9 heteroatoms. The van der Waals surface area contributed by atoms with Crippen molar-refractivity contribution in [2.75, 3.05) is 18.8 Å². The fraction of sp³-hybridized carbons (Fsp3) is 0.231. The number of urea groups is 1. The van der Waals surface area contributed by atoms with Gasteiger partial charge in [0, 0.05) is 22.9 Å². The molecule has 1 aliphatic rings. The van der Waals surface area contributed by atoms with Crippen molar-refractivity contribution in [3.05, 3.63) is 29.3 Å². The van der Waals surface area contributed by atoms with Crippen molar-refractivity contribution < 1.29 is 9.59 Å². The molecule has 0 radical (unpaired) electrons. The molecule has 2 aromatic rings. The Morgan fingerprint density at radius 1 is 1.27 bits per heavy atom. The van der Waals surface area contributed by atoms with E-state index in [0.717, 1.165) is 5.56 Å². The van der Waals surface area contributed by atoms with E-state index in [1.165, 1.54) is 16.7 Å². The quantitative estimate of drug-likeness (QED) is 0.641. The first-order valence-corrected chi connectivity index (χ1v) is 7.89. The van der Waals surface area contributed by atoms with Gasteiger partial charge >= 0.3 is 6.03 Å². The predicted octanol–water partition coefficient (Wildman–Crippen LogP) is 1.77. The van der Waals surface area contributed by atoms with E-state index in [2.05, 4.69) is 20.5 Å². The number of hydrogen-bond donors (Lipinski definition) is 2. The SMILES string of the molecule is O=C1CNC(=O)N1CCSc1n[nH]c(-c2ccc(Cl)cc2)n1. The van der Waals surface area contributed by atoms with Crippen molar-refractivity contribution in [3.63, 3.8) is 0 Å². The van der Waals surface area contributed by atoms with Gasteiger partial charge in [0.05, 0.1) is 6.54 Å². The van der Waals surface area contributed by atoms with Crippen LogP contribution in [0.5, 0.6) is 0 Å². The zero-order valence-corrected chi connectivity index (χ0v) is 12.9. The number of hydrogen-bond acceptors (Lipinski definition) is 5. The second-order valence-electron chi connectivity index (χ2n) is 4.53. The molecule has 0 atom stereocenters. The van der Waals surface area contributed by atoms with Crippen LogP contribution in [0, 0.1) is 0 Å². The number of imide groups is 1. The molecule has 0 spiro atoms. The number of nitrogens with one attached hydrogen (secondary N) is 2. The molecule has 3 amide bonds. The Kier molecular flexibility index (Phi) is 4.30. The number of rotatable bonds is 5. The lowest BCUT2D eigenvalue weighted by molar-refractivity contribution is -0.124. The van der Waals surface area contributed by atoms with Gasteiger partial charge in [-0.2, -0.15) is 0 Å². The Morgan fingerprint density at radius 3 is 2.73 bits per heavy atom. The third-order valence-corrected chi connectivity index (χ3v) is 4.15. The number of thioether (sulfide) groups is 1. The summed E-state index contributed by atoms with van der Waals surface area (Å²) in [6.45, 7) is 0.408. The van der Waals surface area contributed by atoms with Crippen molar-refractivity contribution in [3.8, 4) is 11.4 Å². The lowest BCUT2D eigenvalue weighted by Gasteiger charge is -2.10. The van der Waals surface area contributed by atoms with Crippen LogP contribution in [-0.4, -0.2) is 50.9 Å². The molecular weight excluding hydrogens is 326 g/mol. The van der Waals surface area contributed by atoms with Crippen LogP contribution in [0.1, 0.15) is 0 Å². The lowest BCUT2D eigenvalue weighted by atomic mass is 10.2. The van der Waals surface area contributed by atoms with Crippen LogP contribution in [0.15, 0.2) is 29.4 Å². The smallest absolute Gasteiger partial charge is 0.324 e. The van der Waals surface area contributed by atoms with Crippen LogP contribution in [-0.2, 0) is 4.79 Å². The Hall–Kier alpha value is -2.06. The fourth-order valence-electron chi connectivity index (χ4n) is 1.96. The molecule has 1 fully saturated rings. The molecule has 0 aliphatic carbocycles. The Bertz CT molecular complexity index is 687. The highest BCUT2D eigenvalue weighted by Gasteiger charge is 2.27. The molecule has 0 unspecified atom stereocenters. The second-order valence-corrected chi connectivity index (χ2v) is 6.02. The molecule has 0 saturated carbocycles. The summed E-state index contributed by atoms with van der Waals surface area (Å²) >= 11 is 7.22. The number of benzene rings is 1. The summed E-state index contributed by atoms with van der Waals surface area (Å²) in [4.78, 5) is 28.4. The largest absolute Gasteiger partial charge is 0.329 e. The first-order valence-electron chi connectivity index (χ1n) is 6.53. The van der Waals surface area contributed by atoms with Gasteiger partial charge in [-0.25, -0.2) is 9.78 Å². The van der Waals surface area contributed by atoms with Crippen molar-refractivity contribution in [2.45, 2.75) is 5.16 Å². The number of carbonyl (C=O) groups is 2. The third-order valence-electron chi connectivity index (χ3n) is 3.07. The van der Waals surface area contributed by atoms with Crippen LogP contribution in [0.25, 0.3) is 11.4 Å². The lowest BCUT2D eigenvalue weighted by Crippen LogP contribution is -2.32. The summed E-state index contributed by atoms with van der Waals surface area (Å²) < 4.78 is 0. The zero-order valence-electron chi connectivity index (χ0n) is 11.4. The Balaban J connectivity index is 1.57. The van der Waals surface area contributed by atoms with Crippen molar-refractivity contribution >= 4 is 35.3 Å². The minimum Gasteiger partial charge on any atom is -0.329 e. The van der Waals surface area contributed by atoms with Crippen molar-refractivity contribution in [1.82, 2.24) is 25.4 Å². The molecular formula is C13H12ClN5O2S. The summed E-state index contributed by atoms with van der Waals surface area (Å²) in [5.74, 6) is 0.980. The molecule has 1 aromatic carbocycles.